The Morgan fingerprint density at radius 3 is 2.42 bits per heavy atom. The van der Waals surface area contributed by atoms with E-state index in [1.165, 1.54) is 45.2 Å². The van der Waals surface area contributed by atoms with Crippen LogP contribution in [0.1, 0.15) is 46.0 Å². The van der Waals surface area contributed by atoms with Gasteiger partial charge in [0.1, 0.15) is 0 Å². The largest absolute Gasteiger partial charge is 0.316 e. The van der Waals surface area contributed by atoms with Crippen molar-refractivity contribution in [3.63, 3.8) is 0 Å². The molecule has 0 heterocycles. The lowest BCUT2D eigenvalue weighted by molar-refractivity contribution is 0.436. The second kappa shape index (κ2) is 5.58. The minimum Gasteiger partial charge on any atom is -0.316 e. The number of rotatable bonds is 7. The van der Waals surface area contributed by atoms with Gasteiger partial charge in [-0.05, 0) is 44.2 Å². The minimum absolute atomic E-state index is 0.955. The normalized spacial score (nSPS) is 17.2. The molecular formula is C11H23N. The zero-order valence-corrected chi connectivity index (χ0v) is 8.60. The van der Waals surface area contributed by atoms with Gasteiger partial charge < -0.3 is 5.32 Å². The van der Waals surface area contributed by atoms with E-state index in [2.05, 4.69) is 19.2 Å². The fraction of sp³-hybridized carbons (Fsp3) is 1.00. The molecule has 1 heteroatoms. The Labute approximate surface area is 76.9 Å². The highest BCUT2D eigenvalue weighted by molar-refractivity contribution is 4.75. The van der Waals surface area contributed by atoms with Gasteiger partial charge in [0.05, 0.1) is 0 Å². The third kappa shape index (κ3) is 4.10. The quantitative estimate of drug-likeness (QED) is 0.578. The number of hydrogen-bond donors (Lipinski definition) is 1. The molecule has 0 aromatic heterocycles. The lowest BCUT2D eigenvalue weighted by Gasteiger charge is -2.11. The first-order valence-electron chi connectivity index (χ1n) is 5.57. The summed E-state index contributed by atoms with van der Waals surface area (Å²) in [4.78, 5) is 0. The zero-order valence-electron chi connectivity index (χ0n) is 8.60. The van der Waals surface area contributed by atoms with Crippen molar-refractivity contribution >= 4 is 0 Å². The van der Waals surface area contributed by atoms with Crippen LogP contribution in [0.3, 0.4) is 0 Å². The van der Waals surface area contributed by atoms with Crippen LogP contribution in [0.2, 0.25) is 0 Å². The average molecular weight is 169 g/mol. The molecule has 1 aliphatic carbocycles. The van der Waals surface area contributed by atoms with Crippen molar-refractivity contribution in [2.24, 2.45) is 11.8 Å². The van der Waals surface area contributed by atoms with Crippen LogP contribution in [-0.2, 0) is 0 Å². The molecule has 0 bridgehead atoms. The summed E-state index contributed by atoms with van der Waals surface area (Å²) in [5.74, 6) is 1.99. The monoisotopic (exact) mass is 169 g/mol. The Bertz CT molecular complexity index is 104. The van der Waals surface area contributed by atoms with Crippen molar-refractivity contribution in [2.75, 3.05) is 13.1 Å². The molecule has 1 N–H and O–H groups in total. The molecular weight excluding hydrogens is 146 g/mol. The lowest BCUT2D eigenvalue weighted by atomic mass is 10.00. The minimum atomic E-state index is 0.955. The summed E-state index contributed by atoms with van der Waals surface area (Å²) in [5, 5.41) is 3.55. The van der Waals surface area contributed by atoms with Crippen molar-refractivity contribution in [3.8, 4) is 0 Å². The van der Waals surface area contributed by atoms with Crippen molar-refractivity contribution in [3.05, 3.63) is 0 Å². The first kappa shape index (κ1) is 10.0. The van der Waals surface area contributed by atoms with E-state index in [0.717, 1.165) is 11.8 Å². The molecule has 0 aliphatic heterocycles. The maximum atomic E-state index is 3.55. The first-order chi connectivity index (χ1) is 5.86. The van der Waals surface area contributed by atoms with E-state index >= 15 is 0 Å². The summed E-state index contributed by atoms with van der Waals surface area (Å²) in [6.07, 6.45) is 7.01. The maximum Gasteiger partial charge on any atom is -0.00205 e. The Morgan fingerprint density at radius 2 is 1.92 bits per heavy atom. The van der Waals surface area contributed by atoms with Crippen LogP contribution in [0.25, 0.3) is 0 Å². The molecule has 0 amide bonds. The van der Waals surface area contributed by atoms with Crippen molar-refractivity contribution in [1.82, 2.24) is 5.32 Å². The third-order valence-corrected chi connectivity index (χ3v) is 3.01. The molecule has 0 aromatic carbocycles. The molecule has 0 radical (unpaired) electrons. The summed E-state index contributed by atoms with van der Waals surface area (Å²) in [7, 11) is 0. The predicted molar refractivity (Wildman–Crippen MR) is 54.3 cm³/mol. The van der Waals surface area contributed by atoms with Crippen LogP contribution in [-0.4, -0.2) is 13.1 Å². The molecule has 1 nitrogen and oxygen atoms in total. The summed E-state index contributed by atoms with van der Waals surface area (Å²) in [6, 6.07) is 0. The van der Waals surface area contributed by atoms with E-state index in [9.17, 15) is 0 Å². The third-order valence-electron chi connectivity index (χ3n) is 3.01. The molecule has 0 aromatic rings. The second-order valence-corrected chi connectivity index (χ2v) is 4.12. The molecule has 12 heavy (non-hydrogen) atoms. The van der Waals surface area contributed by atoms with Crippen LogP contribution in [0.15, 0.2) is 0 Å². The van der Waals surface area contributed by atoms with Gasteiger partial charge in [-0.15, -0.1) is 0 Å². The van der Waals surface area contributed by atoms with Crippen LogP contribution in [0.5, 0.6) is 0 Å². The van der Waals surface area contributed by atoms with Gasteiger partial charge in [0.25, 0.3) is 0 Å². The van der Waals surface area contributed by atoms with E-state index in [-0.39, 0.29) is 0 Å². The Balaban J connectivity index is 1.85. The SMILES string of the molecule is CCC(CC)CCNCC1CC1. The summed E-state index contributed by atoms with van der Waals surface area (Å²) < 4.78 is 0. The van der Waals surface area contributed by atoms with Crippen LogP contribution in [0.4, 0.5) is 0 Å². The van der Waals surface area contributed by atoms with Gasteiger partial charge in [-0.3, -0.25) is 0 Å². The van der Waals surface area contributed by atoms with Gasteiger partial charge in [0.15, 0.2) is 0 Å². The van der Waals surface area contributed by atoms with Crippen molar-refractivity contribution in [2.45, 2.75) is 46.0 Å². The highest BCUT2D eigenvalue weighted by Gasteiger charge is 2.20. The predicted octanol–water partition coefficient (Wildman–Crippen LogP) is 2.81. The molecule has 1 rings (SSSR count). The molecule has 0 spiro atoms. The zero-order chi connectivity index (χ0) is 8.81. The van der Waals surface area contributed by atoms with Crippen LogP contribution >= 0.6 is 0 Å². The molecule has 1 saturated carbocycles. The maximum absolute atomic E-state index is 3.55. The van der Waals surface area contributed by atoms with E-state index in [1.54, 1.807) is 0 Å². The van der Waals surface area contributed by atoms with Gasteiger partial charge in [-0.2, -0.15) is 0 Å². The summed E-state index contributed by atoms with van der Waals surface area (Å²) in [5.41, 5.74) is 0. The van der Waals surface area contributed by atoms with E-state index < -0.39 is 0 Å². The van der Waals surface area contributed by atoms with E-state index in [1.807, 2.05) is 0 Å². The molecule has 0 unspecified atom stereocenters. The van der Waals surface area contributed by atoms with Gasteiger partial charge in [-0.1, -0.05) is 26.7 Å². The lowest BCUT2D eigenvalue weighted by Crippen LogP contribution is -2.20. The second-order valence-electron chi connectivity index (χ2n) is 4.12. The van der Waals surface area contributed by atoms with Gasteiger partial charge in [0, 0.05) is 0 Å². The van der Waals surface area contributed by atoms with Crippen molar-refractivity contribution in [1.29, 1.82) is 0 Å². The Morgan fingerprint density at radius 1 is 1.25 bits per heavy atom. The van der Waals surface area contributed by atoms with E-state index in [0.29, 0.717) is 0 Å². The molecule has 1 aliphatic rings. The summed E-state index contributed by atoms with van der Waals surface area (Å²) in [6.45, 7) is 7.12. The van der Waals surface area contributed by atoms with Gasteiger partial charge >= 0.3 is 0 Å². The van der Waals surface area contributed by atoms with Crippen LogP contribution < -0.4 is 5.32 Å². The first-order valence-corrected chi connectivity index (χ1v) is 5.57. The Kier molecular flexibility index (Phi) is 4.67. The van der Waals surface area contributed by atoms with Gasteiger partial charge in [-0.25, -0.2) is 0 Å². The highest BCUT2D eigenvalue weighted by atomic mass is 14.9. The van der Waals surface area contributed by atoms with Crippen LogP contribution in [0, 0.1) is 11.8 Å². The number of hydrogen-bond acceptors (Lipinski definition) is 1. The van der Waals surface area contributed by atoms with Crippen molar-refractivity contribution < 1.29 is 0 Å². The smallest absolute Gasteiger partial charge is 0.00205 e. The van der Waals surface area contributed by atoms with Gasteiger partial charge in [0.2, 0.25) is 0 Å². The van der Waals surface area contributed by atoms with E-state index in [4.69, 9.17) is 0 Å². The number of nitrogens with one attached hydrogen (secondary N) is 1. The summed E-state index contributed by atoms with van der Waals surface area (Å²) >= 11 is 0. The molecule has 72 valence electrons. The fourth-order valence-corrected chi connectivity index (χ4v) is 1.63. The average Bonchev–Trinajstić information content (AvgIpc) is 2.89. The standard InChI is InChI=1S/C11H23N/c1-3-10(4-2)7-8-12-9-11-5-6-11/h10-12H,3-9H2,1-2H3. The molecule has 0 atom stereocenters. The molecule has 1 fully saturated rings. The molecule has 0 saturated heterocycles. The Hall–Kier alpha value is -0.0400. The highest BCUT2D eigenvalue weighted by Crippen LogP contribution is 2.27. The topological polar surface area (TPSA) is 12.0 Å². The fourth-order valence-electron chi connectivity index (χ4n) is 1.63.